The molecule has 0 aliphatic carbocycles. The van der Waals surface area contributed by atoms with Crippen LogP contribution in [0.25, 0.3) is 0 Å². The summed E-state index contributed by atoms with van der Waals surface area (Å²) in [5, 5.41) is 9.66. The molecule has 0 radical (unpaired) electrons. The van der Waals surface area contributed by atoms with Crippen molar-refractivity contribution in [3.8, 4) is 0 Å². The molecule has 0 bridgehead atoms. The van der Waals surface area contributed by atoms with Crippen LogP contribution in [-0.2, 0) is 0 Å². The molecule has 1 N–H and O–H groups in total. The zero-order valence-electron chi connectivity index (χ0n) is 8.46. The van der Waals surface area contributed by atoms with Gasteiger partial charge < -0.3 is 5.11 Å². The Morgan fingerprint density at radius 3 is 1.73 bits per heavy atom. The minimum absolute atomic E-state index is 0.116. The fourth-order valence-corrected chi connectivity index (χ4v) is 1.14. The Bertz CT molecular complexity index is 97.0. The third kappa shape index (κ3) is 4.41. The van der Waals surface area contributed by atoms with E-state index in [0.29, 0.717) is 17.8 Å². The van der Waals surface area contributed by atoms with Crippen LogP contribution in [0.4, 0.5) is 0 Å². The second-order valence-corrected chi connectivity index (χ2v) is 4.30. The highest BCUT2D eigenvalue weighted by Crippen LogP contribution is 2.19. The number of hydrogen-bond acceptors (Lipinski definition) is 1. The van der Waals surface area contributed by atoms with Crippen LogP contribution >= 0.6 is 0 Å². The van der Waals surface area contributed by atoms with Crippen molar-refractivity contribution >= 4 is 0 Å². The maximum atomic E-state index is 9.66. The van der Waals surface area contributed by atoms with Crippen LogP contribution in [0, 0.1) is 17.8 Å². The standard InChI is InChI=1S/C10H22O/c1-7(2)6-10(11)9(5)8(3)4/h7-11H,6H2,1-5H3. The minimum Gasteiger partial charge on any atom is -0.393 e. The molecule has 0 aromatic rings. The molecule has 0 heterocycles. The molecule has 2 unspecified atom stereocenters. The van der Waals surface area contributed by atoms with Gasteiger partial charge in [0.1, 0.15) is 0 Å². The fourth-order valence-electron chi connectivity index (χ4n) is 1.14. The quantitative estimate of drug-likeness (QED) is 0.667. The lowest BCUT2D eigenvalue weighted by Gasteiger charge is -2.23. The Balaban J connectivity index is 3.73. The lowest BCUT2D eigenvalue weighted by atomic mass is 9.88. The highest BCUT2D eigenvalue weighted by molar-refractivity contribution is 4.68. The molecule has 0 aliphatic heterocycles. The van der Waals surface area contributed by atoms with E-state index in [4.69, 9.17) is 0 Å². The van der Waals surface area contributed by atoms with Gasteiger partial charge in [-0.15, -0.1) is 0 Å². The van der Waals surface area contributed by atoms with Gasteiger partial charge in [-0.25, -0.2) is 0 Å². The smallest absolute Gasteiger partial charge is 0.0570 e. The number of aliphatic hydroxyl groups excluding tert-OH is 1. The van der Waals surface area contributed by atoms with Gasteiger partial charge in [0.15, 0.2) is 0 Å². The van der Waals surface area contributed by atoms with Crippen LogP contribution < -0.4 is 0 Å². The van der Waals surface area contributed by atoms with E-state index in [1.165, 1.54) is 0 Å². The Morgan fingerprint density at radius 1 is 1.00 bits per heavy atom. The van der Waals surface area contributed by atoms with Crippen molar-refractivity contribution in [2.75, 3.05) is 0 Å². The van der Waals surface area contributed by atoms with E-state index in [1.54, 1.807) is 0 Å². The highest BCUT2D eigenvalue weighted by atomic mass is 16.3. The van der Waals surface area contributed by atoms with Gasteiger partial charge in [-0.1, -0.05) is 34.6 Å². The molecule has 11 heavy (non-hydrogen) atoms. The van der Waals surface area contributed by atoms with E-state index in [0.717, 1.165) is 6.42 Å². The van der Waals surface area contributed by atoms with Gasteiger partial charge in [-0.3, -0.25) is 0 Å². The third-order valence-electron chi connectivity index (χ3n) is 2.37. The van der Waals surface area contributed by atoms with E-state index in [-0.39, 0.29) is 6.10 Å². The van der Waals surface area contributed by atoms with Crippen molar-refractivity contribution in [2.24, 2.45) is 17.8 Å². The number of aliphatic hydroxyl groups is 1. The van der Waals surface area contributed by atoms with E-state index in [2.05, 4.69) is 34.6 Å². The summed E-state index contributed by atoms with van der Waals surface area (Å²) in [6.07, 6.45) is 0.814. The summed E-state index contributed by atoms with van der Waals surface area (Å²) in [6.45, 7) is 10.7. The van der Waals surface area contributed by atoms with Crippen LogP contribution in [0.2, 0.25) is 0 Å². The Labute approximate surface area is 70.8 Å². The Kier molecular flexibility index (Phi) is 4.74. The van der Waals surface area contributed by atoms with E-state index in [1.807, 2.05) is 0 Å². The van der Waals surface area contributed by atoms with Gasteiger partial charge in [0, 0.05) is 0 Å². The molecule has 0 aromatic carbocycles. The van der Waals surface area contributed by atoms with Crippen LogP contribution in [0.5, 0.6) is 0 Å². The average Bonchev–Trinajstić information content (AvgIpc) is 1.84. The van der Waals surface area contributed by atoms with E-state index < -0.39 is 0 Å². The average molecular weight is 158 g/mol. The number of hydrogen-bond donors (Lipinski definition) is 1. The first-order valence-corrected chi connectivity index (χ1v) is 4.63. The van der Waals surface area contributed by atoms with Crippen molar-refractivity contribution in [1.82, 2.24) is 0 Å². The summed E-state index contributed by atoms with van der Waals surface area (Å²) < 4.78 is 0. The zero-order valence-corrected chi connectivity index (χ0v) is 8.46. The fraction of sp³-hybridized carbons (Fsp3) is 1.00. The second-order valence-electron chi connectivity index (χ2n) is 4.30. The molecular weight excluding hydrogens is 136 g/mol. The molecular formula is C10H22O. The van der Waals surface area contributed by atoms with Gasteiger partial charge >= 0.3 is 0 Å². The van der Waals surface area contributed by atoms with Gasteiger partial charge in [-0.2, -0.15) is 0 Å². The molecule has 0 aromatic heterocycles. The summed E-state index contributed by atoms with van der Waals surface area (Å²) >= 11 is 0. The van der Waals surface area contributed by atoms with Gasteiger partial charge in [0.25, 0.3) is 0 Å². The predicted molar refractivity (Wildman–Crippen MR) is 49.5 cm³/mol. The van der Waals surface area contributed by atoms with Gasteiger partial charge in [0.05, 0.1) is 6.10 Å². The van der Waals surface area contributed by atoms with Crippen molar-refractivity contribution in [2.45, 2.75) is 47.1 Å². The topological polar surface area (TPSA) is 20.2 Å². The highest BCUT2D eigenvalue weighted by Gasteiger charge is 2.17. The SMILES string of the molecule is CC(C)CC(O)C(C)C(C)C. The largest absolute Gasteiger partial charge is 0.393 e. The molecule has 0 fully saturated rings. The molecule has 1 heteroatoms. The van der Waals surface area contributed by atoms with E-state index in [9.17, 15) is 5.11 Å². The number of rotatable bonds is 4. The molecule has 0 spiro atoms. The minimum atomic E-state index is -0.116. The lowest BCUT2D eigenvalue weighted by molar-refractivity contribution is 0.0726. The molecule has 0 amide bonds. The molecule has 0 saturated carbocycles. The molecule has 0 aliphatic rings. The van der Waals surface area contributed by atoms with Crippen LogP contribution in [0.1, 0.15) is 41.0 Å². The molecule has 0 rings (SSSR count). The van der Waals surface area contributed by atoms with Crippen LogP contribution in [0.3, 0.4) is 0 Å². The first-order chi connectivity index (χ1) is 4.95. The molecule has 0 saturated heterocycles. The third-order valence-corrected chi connectivity index (χ3v) is 2.37. The summed E-state index contributed by atoms with van der Waals surface area (Å²) in [5.41, 5.74) is 0. The summed E-state index contributed by atoms with van der Waals surface area (Å²) in [7, 11) is 0. The Morgan fingerprint density at radius 2 is 1.45 bits per heavy atom. The summed E-state index contributed by atoms with van der Waals surface area (Å²) in [6, 6.07) is 0. The van der Waals surface area contributed by atoms with Crippen LogP contribution in [0.15, 0.2) is 0 Å². The maximum absolute atomic E-state index is 9.66. The van der Waals surface area contributed by atoms with Crippen molar-refractivity contribution in [3.05, 3.63) is 0 Å². The predicted octanol–water partition coefficient (Wildman–Crippen LogP) is 2.69. The molecule has 1 nitrogen and oxygen atoms in total. The van der Waals surface area contributed by atoms with Crippen molar-refractivity contribution in [1.29, 1.82) is 0 Å². The lowest BCUT2D eigenvalue weighted by Crippen LogP contribution is -2.23. The normalized spacial score (nSPS) is 17.5. The zero-order chi connectivity index (χ0) is 9.02. The summed E-state index contributed by atoms with van der Waals surface area (Å²) in [5.74, 6) is 1.62. The van der Waals surface area contributed by atoms with Gasteiger partial charge in [0.2, 0.25) is 0 Å². The molecule has 68 valence electrons. The monoisotopic (exact) mass is 158 g/mol. The van der Waals surface area contributed by atoms with Crippen LogP contribution in [-0.4, -0.2) is 11.2 Å². The van der Waals surface area contributed by atoms with E-state index >= 15 is 0 Å². The maximum Gasteiger partial charge on any atom is 0.0570 e. The Hall–Kier alpha value is -0.0400. The van der Waals surface area contributed by atoms with Crippen molar-refractivity contribution < 1.29 is 5.11 Å². The first-order valence-electron chi connectivity index (χ1n) is 4.63. The summed E-state index contributed by atoms with van der Waals surface area (Å²) in [4.78, 5) is 0. The molecule has 2 atom stereocenters. The first kappa shape index (κ1) is 11.0. The van der Waals surface area contributed by atoms with Crippen molar-refractivity contribution in [3.63, 3.8) is 0 Å². The second kappa shape index (κ2) is 4.76. The van der Waals surface area contributed by atoms with Gasteiger partial charge in [-0.05, 0) is 24.2 Å².